The molecule has 1 fully saturated rings. The van der Waals surface area contributed by atoms with E-state index in [0.717, 1.165) is 0 Å². The van der Waals surface area contributed by atoms with E-state index in [0.29, 0.717) is 11.3 Å². The van der Waals surface area contributed by atoms with E-state index in [1.54, 1.807) is 19.1 Å². The van der Waals surface area contributed by atoms with Crippen LogP contribution in [0.15, 0.2) is 18.2 Å². The summed E-state index contributed by atoms with van der Waals surface area (Å²) in [5.74, 6) is -1.48. The van der Waals surface area contributed by atoms with Crippen molar-refractivity contribution >= 4 is 27.6 Å². The van der Waals surface area contributed by atoms with Crippen LogP contribution in [-0.4, -0.2) is 37.2 Å². The molecule has 1 aliphatic heterocycles. The lowest BCUT2D eigenvalue weighted by Crippen LogP contribution is -2.32. The smallest absolute Gasteiger partial charge is 0.336 e. The van der Waals surface area contributed by atoms with E-state index in [2.05, 4.69) is 0 Å². The maximum Gasteiger partial charge on any atom is 0.336 e. The Labute approximate surface area is 116 Å². The third kappa shape index (κ3) is 2.66. The van der Waals surface area contributed by atoms with Crippen molar-refractivity contribution < 1.29 is 23.1 Å². The first kappa shape index (κ1) is 14.5. The number of carbonyl (C=O) groups is 2. The first-order valence-electron chi connectivity index (χ1n) is 5.86. The van der Waals surface area contributed by atoms with E-state index < -0.39 is 21.2 Å². The van der Waals surface area contributed by atoms with Gasteiger partial charge in [0.2, 0.25) is 15.9 Å². The molecule has 1 unspecified atom stereocenters. The van der Waals surface area contributed by atoms with Gasteiger partial charge in [0.25, 0.3) is 0 Å². The number of nitrogens with two attached hydrogens (primary N) is 1. The number of aryl methyl sites for hydroxylation is 1. The van der Waals surface area contributed by atoms with Gasteiger partial charge in [0.05, 0.1) is 5.56 Å². The minimum Gasteiger partial charge on any atom is -0.478 e. The van der Waals surface area contributed by atoms with E-state index in [1.807, 2.05) is 0 Å². The van der Waals surface area contributed by atoms with Crippen LogP contribution in [0.3, 0.4) is 0 Å². The SMILES string of the molecule is Cc1ccc(N2CC(S(N)(=O)=O)CC2=O)cc1C(=O)O. The van der Waals surface area contributed by atoms with Crippen LogP contribution in [0.25, 0.3) is 0 Å². The maximum absolute atomic E-state index is 11.9. The normalized spacial score (nSPS) is 19.4. The molecule has 0 bridgehead atoms. The Morgan fingerprint density at radius 3 is 2.60 bits per heavy atom. The average molecular weight is 298 g/mol. The third-order valence-corrected chi connectivity index (χ3v) is 4.56. The minimum absolute atomic E-state index is 0.0558. The maximum atomic E-state index is 11.9. The molecule has 1 saturated heterocycles. The van der Waals surface area contributed by atoms with E-state index >= 15 is 0 Å². The molecular weight excluding hydrogens is 284 g/mol. The Morgan fingerprint density at radius 1 is 1.45 bits per heavy atom. The second kappa shape index (κ2) is 4.88. The van der Waals surface area contributed by atoms with E-state index in [4.69, 9.17) is 10.2 Å². The number of carbonyl (C=O) groups excluding carboxylic acids is 1. The molecule has 1 aliphatic rings. The lowest BCUT2D eigenvalue weighted by atomic mass is 10.1. The van der Waals surface area contributed by atoms with Crippen molar-refractivity contribution in [3.8, 4) is 0 Å². The zero-order valence-corrected chi connectivity index (χ0v) is 11.6. The summed E-state index contributed by atoms with van der Waals surface area (Å²) in [7, 11) is -3.79. The summed E-state index contributed by atoms with van der Waals surface area (Å²) in [6, 6.07) is 4.53. The van der Waals surface area contributed by atoms with E-state index in [9.17, 15) is 18.0 Å². The predicted molar refractivity (Wildman–Crippen MR) is 72.0 cm³/mol. The largest absolute Gasteiger partial charge is 0.478 e. The van der Waals surface area contributed by atoms with Crippen molar-refractivity contribution in [2.45, 2.75) is 18.6 Å². The van der Waals surface area contributed by atoms with Gasteiger partial charge in [-0.05, 0) is 24.6 Å². The van der Waals surface area contributed by atoms with Crippen molar-refractivity contribution in [3.63, 3.8) is 0 Å². The van der Waals surface area contributed by atoms with Crippen molar-refractivity contribution in [3.05, 3.63) is 29.3 Å². The molecule has 3 N–H and O–H groups in total. The zero-order chi connectivity index (χ0) is 15.1. The number of carboxylic acids is 1. The number of anilines is 1. The highest BCUT2D eigenvalue weighted by Gasteiger charge is 2.37. The topological polar surface area (TPSA) is 118 Å². The second-order valence-electron chi connectivity index (χ2n) is 4.72. The van der Waals surface area contributed by atoms with Crippen LogP contribution in [0.1, 0.15) is 22.3 Å². The van der Waals surface area contributed by atoms with Crippen LogP contribution in [0.5, 0.6) is 0 Å². The predicted octanol–water partition coefficient (Wildman–Crippen LogP) is 0.0870. The Balaban J connectivity index is 2.36. The molecule has 7 nitrogen and oxygen atoms in total. The van der Waals surface area contributed by atoms with Gasteiger partial charge in [-0.2, -0.15) is 0 Å². The van der Waals surface area contributed by atoms with Gasteiger partial charge in [-0.1, -0.05) is 6.07 Å². The van der Waals surface area contributed by atoms with Gasteiger partial charge >= 0.3 is 5.97 Å². The molecule has 0 aromatic heterocycles. The molecule has 1 aromatic rings. The molecule has 20 heavy (non-hydrogen) atoms. The standard InChI is InChI=1S/C12H14N2O5S/c1-7-2-3-8(4-10(7)12(16)17)14-6-9(5-11(14)15)20(13,18)19/h2-4,9H,5-6H2,1H3,(H,16,17)(H2,13,18,19). The van der Waals surface area contributed by atoms with Gasteiger partial charge in [0.1, 0.15) is 5.25 Å². The number of rotatable bonds is 3. The fraction of sp³-hybridized carbons (Fsp3) is 0.333. The number of primary sulfonamides is 1. The fourth-order valence-corrected chi connectivity index (χ4v) is 2.88. The van der Waals surface area contributed by atoms with Crippen molar-refractivity contribution in [1.29, 1.82) is 0 Å². The third-order valence-electron chi connectivity index (χ3n) is 3.32. The molecule has 1 aromatic carbocycles. The molecule has 0 saturated carbocycles. The lowest BCUT2D eigenvalue weighted by molar-refractivity contribution is -0.117. The molecule has 108 valence electrons. The monoisotopic (exact) mass is 298 g/mol. The average Bonchev–Trinajstić information content (AvgIpc) is 2.71. The molecule has 8 heteroatoms. The number of benzene rings is 1. The summed E-state index contributed by atoms with van der Waals surface area (Å²) in [6.07, 6.45) is -0.185. The van der Waals surface area contributed by atoms with E-state index in [1.165, 1.54) is 11.0 Å². The second-order valence-corrected chi connectivity index (χ2v) is 6.57. The van der Waals surface area contributed by atoms with Crippen molar-refractivity contribution in [2.75, 3.05) is 11.4 Å². The summed E-state index contributed by atoms with van der Waals surface area (Å²) in [6.45, 7) is 1.59. The Kier molecular flexibility index (Phi) is 3.53. The number of aromatic carboxylic acids is 1. The van der Waals surface area contributed by atoms with E-state index in [-0.39, 0.29) is 24.4 Å². The number of hydrogen-bond acceptors (Lipinski definition) is 4. The highest BCUT2D eigenvalue weighted by Crippen LogP contribution is 2.26. The first-order chi connectivity index (χ1) is 9.20. The Bertz CT molecular complexity index is 683. The Morgan fingerprint density at radius 2 is 2.10 bits per heavy atom. The minimum atomic E-state index is -3.79. The summed E-state index contributed by atoms with van der Waals surface area (Å²) in [5.41, 5.74) is 1.01. The van der Waals surface area contributed by atoms with Crippen LogP contribution < -0.4 is 10.0 Å². The number of hydrogen-bond donors (Lipinski definition) is 2. The number of amides is 1. The highest BCUT2D eigenvalue weighted by atomic mass is 32.2. The summed E-state index contributed by atoms with van der Waals surface area (Å²) < 4.78 is 22.6. The zero-order valence-electron chi connectivity index (χ0n) is 10.7. The molecule has 0 spiro atoms. The molecule has 0 aliphatic carbocycles. The first-order valence-corrected chi connectivity index (χ1v) is 7.47. The lowest BCUT2D eigenvalue weighted by Gasteiger charge is -2.17. The molecule has 2 rings (SSSR count). The molecule has 1 amide bonds. The van der Waals surface area contributed by atoms with Crippen molar-refractivity contribution in [2.24, 2.45) is 5.14 Å². The van der Waals surface area contributed by atoms with Gasteiger partial charge in [-0.25, -0.2) is 18.4 Å². The number of nitrogens with zero attached hydrogens (tertiary/aromatic N) is 1. The quantitative estimate of drug-likeness (QED) is 0.819. The van der Waals surface area contributed by atoms with Crippen LogP contribution in [0.4, 0.5) is 5.69 Å². The fourth-order valence-electron chi connectivity index (χ4n) is 2.15. The van der Waals surface area contributed by atoms with Gasteiger partial charge < -0.3 is 10.0 Å². The van der Waals surface area contributed by atoms with Gasteiger partial charge in [0, 0.05) is 18.7 Å². The van der Waals surface area contributed by atoms with Crippen LogP contribution in [0, 0.1) is 6.92 Å². The summed E-state index contributed by atoms with van der Waals surface area (Å²) >= 11 is 0. The van der Waals surface area contributed by atoms with Crippen LogP contribution in [0.2, 0.25) is 0 Å². The van der Waals surface area contributed by atoms with Gasteiger partial charge in [0.15, 0.2) is 0 Å². The molecule has 0 radical (unpaired) electrons. The molecule has 1 atom stereocenters. The molecular formula is C12H14N2O5S. The van der Waals surface area contributed by atoms with Gasteiger partial charge in [-0.3, -0.25) is 4.79 Å². The number of sulfonamides is 1. The van der Waals surface area contributed by atoms with Crippen LogP contribution in [-0.2, 0) is 14.8 Å². The number of carboxylic acid groups (broad SMARTS) is 1. The van der Waals surface area contributed by atoms with Crippen molar-refractivity contribution in [1.82, 2.24) is 0 Å². The molecule has 1 heterocycles. The van der Waals surface area contributed by atoms with Gasteiger partial charge in [-0.15, -0.1) is 0 Å². The summed E-state index contributed by atoms with van der Waals surface area (Å²) in [5, 5.41) is 13.2. The summed E-state index contributed by atoms with van der Waals surface area (Å²) in [4.78, 5) is 24.2. The highest BCUT2D eigenvalue weighted by molar-refractivity contribution is 7.89. The van der Waals surface area contributed by atoms with Crippen LogP contribution >= 0.6 is 0 Å². The Hall–Kier alpha value is -1.93.